The number of halogens is 2. The number of benzene rings is 3. The fourth-order valence-corrected chi connectivity index (χ4v) is 6.03. The highest BCUT2D eigenvalue weighted by molar-refractivity contribution is 6.11. The zero-order valence-electron chi connectivity index (χ0n) is 22.5. The first-order chi connectivity index (χ1) is 21.4. The number of nitriles is 2. The Kier molecular flexibility index (Phi) is 5.93. The van der Waals surface area contributed by atoms with E-state index in [0.29, 0.717) is 55.7 Å². The number of fused-ring (bicyclic) bond motifs is 6. The zero-order valence-corrected chi connectivity index (χ0v) is 22.5. The molecule has 2 aliphatic carbocycles. The van der Waals surface area contributed by atoms with E-state index in [0.717, 1.165) is 22.3 Å². The highest BCUT2D eigenvalue weighted by Gasteiger charge is 2.33. The number of rotatable bonds is 2. The Hall–Kier alpha value is -6.74. The fourth-order valence-electron chi connectivity index (χ4n) is 6.03. The van der Waals surface area contributed by atoms with Gasteiger partial charge in [0.15, 0.2) is 0 Å². The number of hydrogen-bond donors (Lipinski definition) is 0. The molecule has 0 unspecified atom stereocenters. The van der Waals surface area contributed by atoms with E-state index in [2.05, 4.69) is 19.7 Å². The smallest absolute Gasteiger partial charge is 0.228 e. The first-order valence-corrected chi connectivity index (χ1v) is 13.2. The van der Waals surface area contributed by atoms with Crippen LogP contribution in [0.2, 0.25) is 0 Å². The van der Waals surface area contributed by atoms with Crippen molar-refractivity contribution in [2.24, 2.45) is 0 Å². The lowest BCUT2D eigenvalue weighted by Gasteiger charge is -2.09. The molecule has 6 nitrogen and oxygen atoms in total. The third-order valence-electron chi connectivity index (χ3n) is 7.88. The molecule has 0 fully saturated rings. The van der Waals surface area contributed by atoms with Gasteiger partial charge in [0.2, 0.25) is 11.9 Å². The van der Waals surface area contributed by atoms with E-state index in [1.807, 2.05) is 60.7 Å². The molecular weight excluding hydrogens is 554 g/mol. The molecule has 0 bridgehead atoms. The third-order valence-corrected chi connectivity index (χ3v) is 7.88. The Morgan fingerprint density at radius 1 is 0.523 bits per heavy atom. The maximum Gasteiger partial charge on any atom is 0.270 e. The van der Waals surface area contributed by atoms with Crippen molar-refractivity contribution in [3.8, 4) is 56.6 Å². The highest BCUT2D eigenvalue weighted by atomic mass is 19.1. The lowest BCUT2D eigenvalue weighted by Crippen LogP contribution is -1.90. The van der Waals surface area contributed by atoms with Crippen molar-refractivity contribution in [3.05, 3.63) is 154 Å². The van der Waals surface area contributed by atoms with E-state index >= 15 is 0 Å². The van der Waals surface area contributed by atoms with Crippen LogP contribution in [0.3, 0.4) is 0 Å². The van der Waals surface area contributed by atoms with E-state index in [1.54, 1.807) is 12.1 Å². The predicted octanol–water partition coefficient (Wildman–Crippen LogP) is 8.45. The van der Waals surface area contributed by atoms with E-state index < -0.39 is 11.9 Å². The predicted molar refractivity (Wildman–Crippen MR) is 160 cm³/mol. The van der Waals surface area contributed by atoms with Crippen LogP contribution < -0.4 is 0 Å². The van der Waals surface area contributed by atoms with Gasteiger partial charge in [-0.25, -0.2) is 30.2 Å². The van der Waals surface area contributed by atoms with Crippen molar-refractivity contribution >= 4 is 11.1 Å². The number of aromatic nitrogens is 2. The molecule has 44 heavy (non-hydrogen) atoms. The summed E-state index contributed by atoms with van der Waals surface area (Å²) >= 11 is 0. The Bertz CT molecular complexity index is 2160. The van der Waals surface area contributed by atoms with E-state index in [9.17, 15) is 19.3 Å². The molecule has 0 aliphatic heterocycles. The minimum Gasteiger partial charge on any atom is -0.228 e. The number of nitrogens with zero attached hydrogens (tertiary/aromatic N) is 6. The molecule has 0 amide bonds. The summed E-state index contributed by atoms with van der Waals surface area (Å²) in [5.74, 6) is -1.25. The van der Waals surface area contributed by atoms with Gasteiger partial charge in [-0.2, -0.15) is 8.78 Å². The Labute approximate surface area is 250 Å². The summed E-state index contributed by atoms with van der Waals surface area (Å²) < 4.78 is 27.9. The summed E-state index contributed by atoms with van der Waals surface area (Å²) in [6.07, 6.45) is 2.75. The fraction of sp³-hybridized carbons (Fsp3) is 0. The average Bonchev–Trinajstić information content (AvgIpc) is 3.53. The minimum atomic E-state index is -0.624. The summed E-state index contributed by atoms with van der Waals surface area (Å²) in [7, 11) is 0. The molecule has 2 aromatic heterocycles. The second-order valence-electron chi connectivity index (χ2n) is 10.1. The van der Waals surface area contributed by atoms with Crippen LogP contribution >= 0.6 is 0 Å². The molecule has 5 aromatic rings. The van der Waals surface area contributed by atoms with Gasteiger partial charge < -0.3 is 0 Å². The van der Waals surface area contributed by atoms with Crippen LogP contribution in [0, 0.1) is 47.7 Å². The summed E-state index contributed by atoms with van der Waals surface area (Å²) in [6, 6.07) is 24.9. The molecule has 0 spiro atoms. The average molecular weight is 569 g/mol. The van der Waals surface area contributed by atoms with E-state index in [-0.39, 0.29) is 11.4 Å². The van der Waals surface area contributed by atoms with Gasteiger partial charge in [-0.15, -0.1) is 0 Å². The van der Waals surface area contributed by atoms with Gasteiger partial charge in [-0.3, -0.25) is 0 Å². The second-order valence-corrected chi connectivity index (χ2v) is 10.1. The van der Waals surface area contributed by atoms with Gasteiger partial charge >= 0.3 is 0 Å². The molecule has 8 heteroatoms. The maximum absolute atomic E-state index is 13.9. The van der Waals surface area contributed by atoms with Crippen molar-refractivity contribution in [3.63, 3.8) is 0 Å². The summed E-state index contributed by atoms with van der Waals surface area (Å²) in [5, 5.41) is 19.9. The molecule has 2 aliphatic rings. The monoisotopic (exact) mass is 568 g/mol. The van der Waals surface area contributed by atoms with Crippen LogP contribution in [0.4, 0.5) is 8.78 Å². The largest absolute Gasteiger partial charge is 0.270 e. The maximum atomic E-state index is 13.9. The van der Waals surface area contributed by atoms with Gasteiger partial charge in [0.25, 0.3) is 11.4 Å². The van der Waals surface area contributed by atoms with Gasteiger partial charge in [-0.1, -0.05) is 24.3 Å². The first kappa shape index (κ1) is 26.2. The van der Waals surface area contributed by atoms with Crippen LogP contribution in [0.15, 0.2) is 96.6 Å². The number of pyridine rings is 2. The van der Waals surface area contributed by atoms with Crippen molar-refractivity contribution in [2.75, 3.05) is 0 Å². The summed E-state index contributed by atoms with van der Waals surface area (Å²) in [4.78, 5) is 14.3. The van der Waals surface area contributed by atoms with Crippen LogP contribution in [-0.4, -0.2) is 9.97 Å². The normalized spacial score (nSPS) is 14.1. The molecule has 0 N–H and O–H groups in total. The molecule has 202 valence electrons. The van der Waals surface area contributed by atoms with Crippen LogP contribution in [-0.2, 0) is 0 Å². The Morgan fingerprint density at radius 3 is 1.27 bits per heavy atom. The molecule has 0 radical (unpaired) electrons. The van der Waals surface area contributed by atoms with E-state index in [1.165, 1.54) is 24.5 Å². The van der Waals surface area contributed by atoms with Crippen LogP contribution in [0.25, 0.3) is 65.3 Å². The Morgan fingerprint density at radius 2 is 0.909 bits per heavy atom. The third kappa shape index (κ3) is 3.88. The minimum absolute atomic E-state index is 0.0917. The molecule has 0 saturated heterocycles. The lowest BCUT2D eigenvalue weighted by molar-refractivity contribution is 0.584. The molecular formula is C36H14F2N6. The first-order valence-electron chi connectivity index (χ1n) is 13.2. The molecule has 2 heterocycles. The number of hydrogen-bond acceptors (Lipinski definition) is 4. The summed E-state index contributed by atoms with van der Waals surface area (Å²) in [6.45, 7) is 15.5. The number of allylic oxidation sites excluding steroid dienone is 2. The summed E-state index contributed by atoms with van der Waals surface area (Å²) in [5.41, 5.74) is 8.94. The van der Waals surface area contributed by atoms with E-state index in [4.69, 9.17) is 13.1 Å². The van der Waals surface area contributed by atoms with Crippen molar-refractivity contribution in [2.45, 2.75) is 0 Å². The lowest BCUT2D eigenvalue weighted by atomic mass is 9.95. The Balaban J connectivity index is 1.49. The van der Waals surface area contributed by atoms with Crippen LogP contribution in [0.5, 0.6) is 0 Å². The van der Waals surface area contributed by atoms with Crippen molar-refractivity contribution < 1.29 is 8.78 Å². The van der Waals surface area contributed by atoms with Crippen molar-refractivity contribution in [1.82, 2.24) is 9.97 Å². The topological polar surface area (TPSA) is 82.1 Å². The molecule has 0 atom stereocenters. The quantitative estimate of drug-likeness (QED) is 0.119. The van der Waals surface area contributed by atoms with Gasteiger partial charge in [0.1, 0.15) is 0 Å². The zero-order chi connectivity index (χ0) is 30.5. The highest BCUT2D eigenvalue weighted by Crippen LogP contribution is 2.54. The van der Waals surface area contributed by atoms with Crippen LogP contribution in [0.1, 0.15) is 22.3 Å². The standard InChI is InChI=1S/C36H14F2N6/c1-41-31(17-39)35-27-11-19(21-7-9-43-33(37)13-21)3-5-23(27)25-16-30-26(15-29(25)35)24-6-4-20(22-8-10-44-34(38)14-22)12-28(24)36(30)32(18-40)42-2/h3-16H/b35-31-,36-32+. The van der Waals surface area contributed by atoms with Gasteiger partial charge in [0.05, 0.1) is 25.3 Å². The molecule has 3 aromatic carbocycles. The second kappa shape index (κ2) is 9.97. The molecule has 0 saturated carbocycles. The SMILES string of the molecule is [C-]#[N+]/C(C#N)=C1/c2cc(-c3ccnc(F)c3)ccc2-c2cc3c(cc21)-c1ccc(-c2ccnc(F)c2)cc1/C3=C(/C#N)[N+]#[C-]. The van der Waals surface area contributed by atoms with Gasteiger partial charge in [-0.05, 0) is 103 Å². The van der Waals surface area contributed by atoms with Gasteiger partial charge in [0, 0.05) is 35.7 Å². The van der Waals surface area contributed by atoms with Crippen molar-refractivity contribution in [1.29, 1.82) is 10.5 Å². The molecule has 7 rings (SSSR count).